The molecule has 0 unspecified atom stereocenters. The highest BCUT2D eigenvalue weighted by atomic mass is 16.1. The van der Waals surface area contributed by atoms with Crippen LogP contribution in [0, 0.1) is 6.92 Å². The molecule has 2 aromatic heterocycles. The Labute approximate surface area is 92.3 Å². The molecule has 0 saturated heterocycles. The number of pyridine rings is 1. The van der Waals surface area contributed by atoms with Gasteiger partial charge in [0.25, 0.3) is 0 Å². The van der Waals surface area contributed by atoms with E-state index in [-0.39, 0.29) is 0 Å². The van der Waals surface area contributed by atoms with Gasteiger partial charge in [-0.1, -0.05) is 17.7 Å². The fourth-order valence-corrected chi connectivity index (χ4v) is 1.95. The monoisotopic (exact) mass is 210 g/mol. The normalized spacial score (nSPS) is 11.1. The molecule has 0 radical (unpaired) electrons. The Kier molecular flexibility index (Phi) is 1.80. The fraction of sp³-hybridized carbons (Fsp3) is 0.0769. The molecule has 0 spiro atoms. The molecule has 2 heterocycles. The molecule has 0 fully saturated rings. The van der Waals surface area contributed by atoms with Crippen LogP contribution >= 0.6 is 0 Å². The zero-order valence-electron chi connectivity index (χ0n) is 8.84. The summed E-state index contributed by atoms with van der Waals surface area (Å²) in [6, 6.07) is 8.26. The first-order chi connectivity index (χ1) is 7.78. The van der Waals surface area contributed by atoms with Crippen LogP contribution in [0.5, 0.6) is 0 Å². The maximum absolute atomic E-state index is 10.7. The Hall–Kier alpha value is -2.16. The van der Waals surface area contributed by atoms with E-state index in [9.17, 15) is 4.79 Å². The van der Waals surface area contributed by atoms with Gasteiger partial charge in [0.2, 0.25) is 0 Å². The number of fused-ring (bicyclic) bond motifs is 3. The van der Waals surface area contributed by atoms with E-state index in [2.05, 4.69) is 23.2 Å². The van der Waals surface area contributed by atoms with Gasteiger partial charge in [0, 0.05) is 17.8 Å². The van der Waals surface area contributed by atoms with Crippen LogP contribution < -0.4 is 0 Å². The van der Waals surface area contributed by atoms with E-state index in [0.717, 1.165) is 22.7 Å². The summed E-state index contributed by atoms with van der Waals surface area (Å²) in [5.74, 6) is 0. The molecule has 16 heavy (non-hydrogen) atoms. The summed E-state index contributed by atoms with van der Waals surface area (Å²) in [7, 11) is 0. The van der Waals surface area contributed by atoms with Crippen LogP contribution in [0.4, 0.5) is 0 Å². The molecular weight excluding hydrogens is 200 g/mol. The Balaban J connectivity index is 2.50. The summed E-state index contributed by atoms with van der Waals surface area (Å²) in [6.07, 6.45) is 4.44. The lowest BCUT2D eigenvalue weighted by Gasteiger charge is -2.01. The smallest absolute Gasteiger partial charge is 0.170 e. The van der Waals surface area contributed by atoms with Gasteiger partial charge in [0.05, 0.1) is 0 Å². The second kappa shape index (κ2) is 3.17. The van der Waals surface area contributed by atoms with Crippen LogP contribution in [0.25, 0.3) is 16.4 Å². The van der Waals surface area contributed by atoms with Crippen molar-refractivity contribution in [1.82, 2.24) is 9.38 Å². The molecule has 1 aromatic carbocycles. The van der Waals surface area contributed by atoms with Crippen LogP contribution in [0.15, 0.2) is 36.7 Å². The molecule has 0 N–H and O–H groups in total. The van der Waals surface area contributed by atoms with Gasteiger partial charge in [-0.15, -0.1) is 0 Å². The molecule has 78 valence electrons. The van der Waals surface area contributed by atoms with Crippen LogP contribution in [0.3, 0.4) is 0 Å². The quantitative estimate of drug-likeness (QED) is 0.578. The summed E-state index contributed by atoms with van der Waals surface area (Å²) < 4.78 is 1.88. The molecule has 0 saturated carbocycles. The molecule has 0 amide bonds. The Morgan fingerprint density at radius 3 is 3.00 bits per heavy atom. The van der Waals surface area contributed by atoms with Crippen molar-refractivity contribution in [3.8, 4) is 0 Å². The Morgan fingerprint density at radius 1 is 1.31 bits per heavy atom. The number of carbonyl (C=O) groups excluding carboxylic acids is 1. The molecule has 0 aliphatic carbocycles. The van der Waals surface area contributed by atoms with Gasteiger partial charge in [0.15, 0.2) is 6.29 Å². The first-order valence-electron chi connectivity index (χ1n) is 5.11. The lowest BCUT2D eigenvalue weighted by atomic mass is 10.1. The summed E-state index contributed by atoms with van der Waals surface area (Å²) in [4.78, 5) is 15.0. The summed E-state index contributed by atoms with van der Waals surface area (Å²) in [5.41, 5.74) is 2.49. The van der Waals surface area contributed by atoms with Crippen molar-refractivity contribution >= 4 is 22.7 Å². The van der Waals surface area contributed by atoms with Gasteiger partial charge in [0.1, 0.15) is 11.3 Å². The average molecular weight is 210 g/mol. The number of aryl methyl sites for hydroxylation is 1. The van der Waals surface area contributed by atoms with Crippen molar-refractivity contribution in [3.05, 3.63) is 47.9 Å². The molecule has 3 aromatic rings. The summed E-state index contributed by atoms with van der Waals surface area (Å²) in [5, 5.41) is 2.22. The van der Waals surface area contributed by atoms with Crippen molar-refractivity contribution in [2.75, 3.05) is 0 Å². The first-order valence-corrected chi connectivity index (χ1v) is 5.11. The molecule has 3 heteroatoms. The zero-order valence-corrected chi connectivity index (χ0v) is 8.84. The predicted octanol–water partition coefficient (Wildman–Crippen LogP) is 2.61. The average Bonchev–Trinajstić information content (AvgIpc) is 2.72. The maximum Gasteiger partial charge on any atom is 0.170 e. The molecule has 0 aliphatic heterocycles. The lowest BCUT2D eigenvalue weighted by molar-refractivity contribution is 0.111. The Morgan fingerprint density at radius 2 is 2.19 bits per heavy atom. The lowest BCUT2D eigenvalue weighted by Crippen LogP contribution is -1.85. The minimum atomic E-state index is 0.467. The molecule has 0 bridgehead atoms. The number of carbonyl (C=O) groups is 1. The number of hydrogen-bond donors (Lipinski definition) is 0. The van der Waals surface area contributed by atoms with E-state index in [0.29, 0.717) is 5.69 Å². The minimum Gasteiger partial charge on any atom is -0.306 e. The largest absolute Gasteiger partial charge is 0.306 e. The van der Waals surface area contributed by atoms with Crippen molar-refractivity contribution in [2.45, 2.75) is 6.92 Å². The number of aldehydes is 1. The number of benzene rings is 1. The highest BCUT2D eigenvalue weighted by Gasteiger charge is 2.04. The fourth-order valence-electron chi connectivity index (χ4n) is 1.95. The van der Waals surface area contributed by atoms with Crippen molar-refractivity contribution in [3.63, 3.8) is 0 Å². The van der Waals surface area contributed by atoms with E-state index in [1.165, 1.54) is 5.56 Å². The van der Waals surface area contributed by atoms with E-state index in [1.54, 1.807) is 6.20 Å². The molecule has 3 nitrogen and oxygen atoms in total. The van der Waals surface area contributed by atoms with Crippen LogP contribution in [-0.2, 0) is 0 Å². The number of aromatic nitrogens is 2. The van der Waals surface area contributed by atoms with Gasteiger partial charge in [-0.25, -0.2) is 4.98 Å². The maximum atomic E-state index is 10.7. The molecular formula is C13H10N2O. The second-order valence-corrected chi connectivity index (χ2v) is 3.92. The van der Waals surface area contributed by atoms with E-state index < -0.39 is 0 Å². The molecule has 0 atom stereocenters. The number of rotatable bonds is 1. The highest BCUT2D eigenvalue weighted by Crippen LogP contribution is 2.20. The van der Waals surface area contributed by atoms with Crippen LogP contribution in [0.2, 0.25) is 0 Å². The minimum absolute atomic E-state index is 0.467. The number of nitrogens with zero attached hydrogens (tertiary/aromatic N) is 2. The van der Waals surface area contributed by atoms with Gasteiger partial charge >= 0.3 is 0 Å². The van der Waals surface area contributed by atoms with Crippen molar-refractivity contribution < 1.29 is 4.79 Å². The highest BCUT2D eigenvalue weighted by molar-refractivity contribution is 5.95. The summed E-state index contributed by atoms with van der Waals surface area (Å²) >= 11 is 0. The number of hydrogen-bond acceptors (Lipinski definition) is 2. The van der Waals surface area contributed by atoms with E-state index in [4.69, 9.17) is 0 Å². The van der Waals surface area contributed by atoms with Crippen molar-refractivity contribution in [1.29, 1.82) is 0 Å². The summed E-state index contributed by atoms with van der Waals surface area (Å²) in [6.45, 7) is 2.05. The third kappa shape index (κ3) is 1.21. The topological polar surface area (TPSA) is 34.4 Å². The van der Waals surface area contributed by atoms with Gasteiger partial charge in [-0.05, 0) is 24.4 Å². The zero-order chi connectivity index (χ0) is 11.1. The van der Waals surface area contributed by atoms with E-state index in [1.807, 2.05) is 23.6 Å². The van der Waals surface area contributed by atoms with Gasteiger partial charge < -0.3 is 4.40 Å². The third-order valence-corrected chi connectivity index (χ3v) is 2.74. The van der Waals surface area contributed by atoms with Crippen molar-refractivity contribution in [2.24, 2.45) is 0 Å². The molecule has 0 aliphatic rings. The SMILES string of the molecule is Cc1ccc2ccn3cc(C=O)nc3c2c1. The first kappa shape index (κ1) is 9.09. The second-order valence-electron chi connectivity index (χ2n) is 3.92. The van der Waals surface area contributed by atoms with E-state index >= 15 is 0 Å². The van der Waals surface area contributed by atoms with Crippen LogP contribution in [0.1, 0.15) is 16.1 Å². The number of imidazole rings is 1. The standard InChI is InChI=1S/C13H10N2O/c1-9-2-3-10-4-5-15-7-11(8-16)14-13(15)12(10)6-9/h2-8H,1H3. The van der Waals surface area contributed by atoms with Gasteiger partial charge in [-0.2, -0.15) is 0 Å². The predicted molar refractivity (Wildman–Crippen MR) is 62.8 cm³/mol. The Bertz CT molecular complexity index is 698. The van der Waals surface area contributed by atoms with Gasteiger partial charge in [-0.3, -0.25) is 4.79 Å². The third-order valence-electron chi connectivity index (χ3n) is 2.74. The van der Waals surface area contributed by atoms with Crippen LogP contribution in [-0.4, -0.2) is 15.7 Å². The molecule has 3 rings (SSSR count).